The van der Waals surface area contributed by atoms with Crippen LogP contribution in [0.5, 0.6) is 0 Å². The number of carbonyl (C=O) groups is 1. The van der Waals surface area contributed by atoms with Gasteiger partial charge in [-0.25, -0.2) is 0 Å². The molecule has 1 unspecified atom stereocenters. The third-order valence-corrected chi connectivity index (χ3v) is 3.13. The first-order chi connectivity index (χ1) is 8.93. The molecule has 0 radical (unpaired) electrons. The highest BCUT2D eigenvalue weighted by Gasteiger charge is 2.14. The summed E-state index contributed by atoms with van der Waals surface area (Å²) in [5.74, 6) is 6.01. The van der Waals surface area contributed by atoms with Gasteiger partial charge in [0.1, 0.15) is 0 Å². The minimum Gasteiger partial charge on any atom is -0.350 e. The van der Waals surface area contributed by atoms with Gasteiger partial charge in [-0.15, -0.1) is 0 Å². The van der Waals surface area contributed by atoms with Gasteiger partial charge in [-0.2, -0.15) is 0 Å². The van der Waals surface area contributed by atoms with E-state index in [9.17, 15) is 4.79 Å². The Morgan fingerprint density at radius 1 is 1.26 bits per heavy atom. The molecule has 1 atom stereocenters. The third-order valence-electron chi connectivity index (χ3n) is 3.13. The van der Waals surface area contributed by atoms with Crippen molar-refractivity contribution in [2.24, 2.45) is 11.8 Å². The highest BCUT2D eigenvalue weighted by Crippen LogP contribution is 2.17. The zero-order valence-electron chi connectivity index (χ0n) is 12.3. The smallest absolute Gasteiger partial charge is 0.253 e. The molecule has 1 aromatic carbocycles. The molecule has 0 aliphatic rings. The normalized spacial score (nSPS) is 12.3. The average Bonchev–Trinajstić information content (AvgIpc) is 2.36. The van der Waals surface area contributed by atoms with E-state index in [0.717, 1.165) is 18.4 Å². The van der Waals surface area contributed by atoms with Gasteiger partial charge in [-0.05, 0) is 44.7 Å². The summed E-state index contributed by atoms with van der Waals surface area (Å²) in [4.78, 5) is 12.2. The van der Waals surface area contributed by atoms with Crippen LogP contribution in [0.1, 0.15) is 49.5 Å². The SMILES string of the molecule is Cc1ccc(NN)c(C(=O)NC(C)CCC(C)C)c1. The average molecular weight is 263 g/mol. The van der Waals surface area contributed by atoms with Gasteiger partial charge in [-0.1, -0.05) is 25.5 Å². The second-order valence-electron chi connectivity index (χ2n) is 5.54. The van der Waals surface area contributed by atoms with Crippen molar-refractivity contribution in [2.75, 3.05) is 5.43 Å². The van der Waals surface area contributed by atoms with Crippen molar-refractivity contribution in [3.8, 4) is 0 Å². The van der Waals surface area contributed by atoms with Crippen LogP contribution >= 0.6 is 0 Å². The van der Waals surface area contributed by atoms with Crippen LogP contribution in [0.25, 0.3) is 0 Å². The number of carbonyl (C=O) groups excluding carboxylic acids is 1. The Morgan fingerprint density at radius 3 is 2.53 bits per heavy atom. The maximum atomic E-state index is 12.2. The van der Waals surface area contributed by atoms with E-state index in [4.69, 9.17) is 5.84 Å². The quantitative estimate of drug-likeness (QED) is 0.546. The van der Waals surface area contributed by atoms with E-state index in [1.807, 2.05) is 32.0 Å². The summed E-state index contributed by atoms with van der Waals surface area (Å²) < 4.78 is 0. The van der Waals surface area contributed by atoms with Crippen LogP contribution in [0.15, 0.2) is 18.2 Å². The van der Waals surface area contributed by atoms with E-state index < -0.39 is 0 Å². The zero-order chi connectivity index (χ0) is 14.4. The van der Waals surface area contributed by atoms with Crippen molar-refractivity contribution in [3.05, 3.63) is 29.3 Å². The highest BCUT2D eigenvalue weighted by molar-refractivity contribution is 5.99. The van der Waals surface area contributed by atoms with Crippen molar-refractivity contribution in [1.29, 1.82) is 0 Å². The number of hydrazine groups is 1. The van der Waals surface area contributed by atoms with Gasteiger partial charge in [0.2, 0.25) is 0 Å². The molecule has 1 amide bonds. The number of hydrogen-bond acceptors (Lipinski definition) is 3. The van der Waals surface area contributed by atoms with E-state index >= 15 is 0 Å². The molecule has 0 aliphatic carbocycles. The van der Waals surface area contributed by atoms with Gasteiger partial charge in [0, 0.05) is 6.04 Å². The summed E-state index contributed by atoms with van der Waals surface area (Å²) in [5.41, 5.74) is 4.86. The molecule has 1 aromatic rings. The van der Waals surface area contributed by atoms with E-state index in [0.29, 0.717) is 17.2 Å². The lowest BCUT2D eigenvalue weighted by atomic mass is 10.0. The molecule has 4 nitrogen and oxygen atoms in total. The summed E-state index contributed by atoms with van der Waals surface area (Å²) >= 11 is 0. The number of benzene rings is 1. The fraction of sp³-hybridized carbons (Fsp3) is 0.533. The molecule has 1 rings (SSSR count). The molecule has 0 aliphatic heterocycles. The van der Waals surface area contributed by atoms with Crippen molar-refractivity contribution < 1.29 is 4.79 Å². The molecular weight excluding hydrogens is 238 g/mol. The van der Waals surface area contributed by atoms with Crippen molar-refractivity contribution in [2.45, 2.75) is 46.6 Å². The third kappa shape index (κ3) is 4.91. The number of hydrogen-bond donors (Lipinski definition) is 3. The first-order valence-electron chi connectivity index (χ1n) is 6.82. The first-order valence-corrected chi connectivity index (χ1v) is 6.82. The van der Waals surface area contributed by atoms with E-state index in [1.54, 1.807) is 0 Å². The molecule has 0 heterocycles. The maximum Gasteiger partial charge on any atom is 0.253 e. The maximum absolute atomic E-state index is 12.2. The Hall–Kier alpha value is -1.55. The molecule has 0 saturated heterocycles. The second kappa shape index (κ2) is 7.14. The van der Waals surface area contributed by atoms with Crippen LogP contribution in [0.4, 0.5) is 5.69 Å². The summed E-state index contributed by atoms with van der Waals surface area (Å²) in [6.07, 6.45) is 2.10. The molecule has 0 saturated carbocycles. The fourth-order valence-corrected chi connectivity index (χ4v) is 1.93. The summed E-state index contributed by atoms with van der Waals surface area (Å²) in [6.45, 7) is 8.36. The molecule has 4 N–H and O–H groups in total. The van der Waals surface area contributed by atoms with Crippen LogP contribution in [-0.2, 0) is 0 Å². The zero-order valence-corrected chi connectivity index (χ0v) is 12.3. The molecule has 0 bridgehead atoms. The molecule has 106 valence electrons. The van der Waals surface area contributed by atoms with E-state index in [-0.39, 0.29) is 11.9 Å². The Kier molecular flexibility index (Phi) is 5.83. The van der Waals surface area contributed by atoms with Crippen molar-refractivity contribution in [1.82, 2.24) is 5.32 Å². The number of aryl methyl sites for hydroxylation is 1. The minimum atomic E-state index is -0.0760. The molecule has 0 spiro atoms. The van der Waals surface area contributed by atoms with Gasteiger partial charge in [0.05, 0.1) is 11.3 Å². The molecular formula is C15H25N3O. The monoisotopic (exact) mass is 263 g/mol. The summed E-state index contributed by atoms with van der Waals surface area (Å²) in [6, 6.07) is 5.76. The molecule has 0 aromatic heterocycles. The summed E-state index contributed by atoms with van der Waals surface area (Å²) in [5, 5.41) is 3.02. The van der Waals surface area contributed by atoms with Gasteiger partial charge >= 0.3 is 0 Å². The number of nitrogens with one attached hydrogen (secondary N) is 2. The standard InChI is InChI=1S/C15H25N3O/c1-10(2)5-7-12(4)17-15(19)13-9-11(3)6-8-14(13)18-16/h6,8-10,12,18H,5,7,16H2,1-4H3,(H,17,19). The van der Waals surface area contributed by atoms with E-state index in [2.05, 4.69) is 24.6 Å². The predicted molar refractivity (Wildman–Crippen MR) is 80.0 cm³/mol. The second-order valence-corrected chi connectivity index (χ2v) is 5.54. The minimum absolute atomic E-state index is 0.0760. The van der Waals surface area contributed by atoms with Gasteiger partial charge in [0.15, 0.2) is 0 Å². The number of amides is 1. The molecule has 19 heavy (non-hydrogen) atoms. The topological polar surface area (TPSA) is 67.1 Å². The van der Waals surface area contributed by atoms with Crippen LogP contribution in [0, 0.1) is 12.8 Å². The molecule has 0 fully saturated rings. The van der Waals surface area contributed by atoms with Crippen LogP contribution in [-0.4, -0.2) is 11.9 Å². The lowest BCUT2D eigenvalue weighted by Gasteiger charge is -2.16. The Labute approximate surface area is 115 Å². The Balaban J connectivity index is 2.69. The van der Waals surface area contributed by atoms with Gasteiger partial charge in [-0.3, -0.25) is 10.6 Å². The lowest BCUT2D eigenvalue weighted by Crippen LogP contribution is -2.33. The summed E-state index contributed by atoms with van der Waals surface area (Å²) in [7, 11) is 0. The number of anilines is 1. The van der Waals surface area contributed by atoms with Crippen LogP contribution in [0.3, 0.4) is 0 Å². The fourth-order valence-electron chi connectivity index (χ4n) is 1.93. The van der Waals surface area contributed by atoms with E-state index in [1.165, 1.54) is 0 Å². The lowest BCUT2D eigenvalue weighted by molar-refractivity contribution is 0.0938. The van der Waals surface area contributed by atoms with Crippen LogP contribution in [0.2, 0.25) is 0 Å². The predicted octanol–water partition coefficient (Wildman–Crippen LogP) is 2.84. The van der Waals surface area contributed by atoms with Gasteiger partial charge < -0.3 is 10.7 Å². The van der Waals surface area contributed by atoms with Crippen molar-refractivity contribution >= 4 is 11.6 Å². The number of nitrogen functional groups attached to an aromatic ring is 1. The number of nitrogens with two attached hydrogens (primary N) is 1. The van der Waals surface area contributed by atoms with Crippen molar-refractivity contribution in [3.63, 3.8) is 0 Å². The number of rotatable bonds is 6. The van der Waals surface area contributed by atoms with Gasteiger partial charge in [0.25, 0.3) is 5.91 Å². The first kappa shape index (κ1) is 15.5. The Morgan fingerprint density at radius 2 is 1.95 bits per heavy atom. The largest absolute Gasteiger partial charge is 0.350 e. The Bertz CT molecular complexity index is 429. The van der Waals surface area contributed by atoms with Crippen LogP contribution < -0.4 is 16.6 Å². The molecule has 4 heteroatoms. The highest BCUT2D eigenvalue weighted by atomic mass is 16.1.